The van der Waals surface area contributed by atoms with Crippen molar-refractivity contribution in [3.63, 3.8) is 0 Å². The Bertz CT molecular complexity index is 1290. The molecule has 0 aliphatic carbocycles. The highest BCUT2D eigenvalue weighted by Gasteiger charge is 2.16. The summed E-state index contributed by atoms with van der Waals surface area (Å²) in [5.74, 6) is -0.620. The molecule has 0 fully saturated rings. The molecule has 0 bridgehead atoms. The third-order valence-electron chi connectivity index (χ3n) is 10.3. The normalized spacial score (nSPS) is 13.3. The molecular formula is C57H92O5. The van der Waals surface area contributed by atoms with Crippen LogP contribution >= 0.6 is 0 Å². The van der Waals surface area contributed by atoms with E-state index >= 15 is 0 Å². The van der Waals surface area contributed by atoms with Gasteiger partial charge in [-0.3, -0.25) is 9.59 Å². The standard InChI is InChI=1S/C57H92O5/c1-3-5-7-9-11-13-15-17-19-21-23-24-25-26-27-28-29-30-31-32-34-36-38-40-42-44-46-48-50-52-57(60)62-55(53-58)54-61-56(59)51-49-47-45-43-41-39-37-35-33-22-20-18-16-14-12-10-8-6-4-2/h5-8,11-14,17-20,23-24,26-27,29-30,33,35,55,58H,3-4,9-10,15-16,21-22,25,28,31-32,34,36-54H2,1-2H3/b7-5-,8-6-,13-11-,14-12-,19-17-,20-18-,24-23-,27-26-,30-29-,35-33-. The molecule has 0 aromatic rings. The lowest BCUT2D eigenvalue weighted by atomic mass is 10.0. The van der Waals surface area contributed by atoms with Crippen molar-refractivity contribution in [1.82, 2.24) is 0 Å². The smallest absolute Gasteiger partial charge is 0.306 e. The van der Waals surface area contributed by atoms with E-state index in [0.29, 0.717) is 12.8 Å². The summed E-state index contributed by atoms with van der Waals surface area (Å²) < 4.78 is 10.7. The van der Waals surface area contributed by atoms with E-state index < -0.39 is 6.10 Å². The highest BCUT2D eigenvalue weighted by molar-refractivity contribution is 5.70. The van der Waals surface area contributed by atoms with Crippen molar-refractivity contribution in [2.24, 2.45) is 0 Å². The van der Waals surface area contributed by atoms with Crippen LogP contribution in [0.15, 0.2) is 122 Å². The SMILES string of the molecule is CC/C=C\C/C=C\C/C=C\C/C=C\C/C=C\C/C=C\CCCCCCCCCCCCC(=O)OC(CO)COC(=O)CCCCCCCC/C=C\C/C=C\C/C=C\C/C=C\CC. The van der Waals surface area contributed by atoms with Gasteiger partial charge in [0.2, 0.25) is 0 Å². The van der Waals surface area contributed by atoms with Crippen molar-refractivity contribution in [3.8, 4) is 0 Å². The minimum absolute atomic E-state index is 0.0825. The lowest BCUT2D eigenvalue weighted by Crippen LogP contribution is -2.28. The van der Waals surface area contributed by atoms with Crippen molar-refractivity contribution >= 4 is 11.9 Å². The monoisotopic (exact) mass is 857 g/mol. The fourth-order valence-electron chi connectivity index (χ4n) is 6.55. The molecule has 0 aromatic heterocycles. The number of hydrogen-bond donors (Lipinski definition) is 1. The Morgan fingerprint density at radius 3 is 0.968 bits per heavy atom. The summed E-state index contributed by atoms with van der Waals surface area (Å²) in [6.07, 6.45) is 75.7. The van der Waals surface area contributed by atoms with Crippen LogP contribution in [0.2, 0.25) is 0 Å². The number of hydrogen-bond acceptors (Lipinski definition) is 5. The van der Waals surface area contributed by atoms with Crippen LogP contribution in [-0.4, -0.2) is 36.4 Å². The van der Waals surface area contributed by atoms with Crippen molar-refractivity contribution in [3.05, 3.63) is 122 Å². The van der Waals surface area contributed by atoms with Crippen LogP contribution in [0.1, 0.15) is 206 Å². The van der Waals surface area contributed by atoms with Crippen LogP contribution in [0, 0.1) is 0 Å². The summed E-state index contributed by atoms with van der Waals surface area (Å²) in [4.78, 5) is 24.4. The minimum atomic E-state index is -0.790. The van der Waals surface area contributed by atoms with Crippen molar-refractivity contribution in [2.75, 3.05) is 13.2 Å². The Morgan fingerprint density at radius 2 is 0.645 bits per heavy atom. The highest BCUT2D eigenvalue weighted by Crippen LogP contribution is 2.14. The first-order chi connectivity index (χ1) is 30.6. The third-order valence-corrected chi connectivity index (χ3v) is 10.3. The highest BCUT2D eigenvalue weighted by atomic mass is 16.6. The maximum atomic E-state index is 12.3. The van der Waals surface area contributed by atoms with Gasteiger partial charge >= 0.3 is 11.9 Å². The number of carbonyl (C=O) groups is 2. The number of aliphatic hydroxyl groups is 1. The maximum Gasteiger partial charge on any atom is 0.306 e. The Labute approximate surface area is 382 Å². The number of unbranched alkanes of at least 4 members (excludes halogenated alkanes) is 16. The van der Waals surface area contributed by atoms with Gasteiger partial charge in [-0.25, -0.2) is 0 Å². The molecule has 0 aliphatic rings. The summed E-state index contributed by atoms with van der Waals surface area (Å²) in [6.45, 7) is 3.89. The van der Waals surface area contributed by atoms with Gasteiger partial charge in [-0.1, -0.05) is 212 Å². The molecule has 0 saturated carbocycles. The summed E-state index contributed by atoms with van der Waals surface area (Å²) in [7, 11) is 0. The maximum absolute atomic E-state index is 12.3. The number of aliphatic hydroxyl groups excluding tert-OH is 1. The van der Waals surface area contributed by atoms with Gasteiger partial charge in [0, 0.05) is 12.8 Å². The Hall–Kier alpha value is -3.70. The van der Waals surface area contributed by atoms with E-state index in [9.17, 15) is 14.7 Å². The molecule has 1 N–H and O–H groups in total. The zero-order valence-corrected chi connectivity index (χ0v) is 39.8. The molecule has 5 heteroatoms. The van der Waals surface area contributed by atoms with Gasteiger partial charge in [0.25, 0.3) is 0 Å². The second-order valence-corrected chi connectivity index (χ2v) is 16.1. The first-order valence-electron chi connectivity index (χ1n) is 25.1. The third kappa shape index (κ3) is 49.0. The molecule has 1 unspecified atom stereocenters. The fraction of sp³-hybridized carbons (Fsp3) is 0.614. The van der Waals surface area contributed by atoms with Crippen LogP contribution in [-0.2, 0) is 19.1 Å². The molecule has 0 heterocycles. The predicted octanol–water partition coefficient (Wildman–Crippen LogP) is 16.7. The van der Waals surface area contributed by atoms with Crippen molar-refractivity contribution in [2.45, 2.75) is 213 Å². The topological polar surface area (TPSA) is 72.8 Å². The molecule has 0 rings (SSSR count). The second kappa shape index (κ2) is 51.6. The lowest BCUT2D eigenvalue weighted by Gasteiger charge is -2.15. The van der Waals surface area contributed by atoms with Crippen LogP contribution in [0.3, 0.4) is 0 Å². The molecule has 0 radical (unpaired) electrons. The summed E-state index contributed by atoms with van der Waals surface area (Å²) in [6, 6.07) is 0. The molecular weight excluding hydrogens is 765 g/mol. The van der Waals surface area contributed by atoms with E-state index in [1.54, 1.807) is 0 Å². The fourth-order valence-corrected chi connectivity index (χ4v) is 6.55. The zero-order chi connectivity index (χ0) is 44.9. The van der Waals surface area contributed by atoms with Gasteiger partial charge in [0.15, 0.2) is 6.10 Å². The van der Waals surface area contributed by atoms with Gasteiger partial charge < -0.3 is 14.6 Å². The molecule has 62 heavy (non-hydrogen) atoms. The van der Waals surface area contributed by atoms with Gasteiger partial charge in [-0.15, -0.1) is 0 Å². The Kier molecular flexibility index (Phi) is 48.6. The Balaban J connectivity index is 3.59. The molecule has 350 valence electrons. The summed E-state index contributed by atoms with van der Waals surface area (Å²) in [5.41, 5.74) is 0. The lowest BCUT2D eigenvalue weighted by molar-refractivity contribution is -0.161. The van der Waals surface area contributed by atoms with E-state index in [1.807, 2.05) is 0 Å². The van der Waals surface area contributed by atoms with E-state index in [2.05, 4.69) is 135 Å². The van der Waals surface area contributed by atoms with Gasteiger partial charge in [0.05, 0.1) is 6.61 Å². The predicted molar refractivity (Wildman–Crippen MR) is 269 cm³/mol. The number of allylic oxidation sites excluding steroid dienone is 20. The largest absolute Gasteiger partial charge is 0.462 e. The quantitative estimate of drug-likeness (QED) is 0.0375. The molecule has 0 aromatic carbocycles. The molecule has 1 atom stereocenters. The summed E-state index contributed by atoms with van der Waals surface area (Å²) >= 11 is 0. The van der Waals surface area contributed by atoms with Crippen LogP contribution in [0.5, 0.6) is 0 Å². The van der Waals surface area contributed by atoms with Crippen molar-refractivity contribution in [1.29, 1.82) is 0 Å². The van der Waals surface area contributed by atoms with Crippen molar-refractivity contribution < 1.29 is 24.2 Å². The Morgan fingerprint density at radius 1 is 0.371 bits per heavy atom. The van der Waals surface area contributed by atoms with Gasteiger partial charge in [0.1, 0.15) is 6.61 Å². The molecule has 0 spiro atoms. The average molecular weight is 857 g/mol. The van der Waals surface area contributed by atoms with Gasteiger partial charge in [-0.05, 0) is 103 Å². The van der Waals surface area contributed by atoms with E-state index in [1.165, 1.54) is 70.6 Å². The average Bonchev–Trinajstić information content (AvgIpc) is 3.28. The van der Waals surface area contributed by atoms with Crippen LogP contribution in [0.4, 0.5) is 0 Å². The number of ether oxygens (including phenoxy) is 2. The molecule has 0 saturated heterocycles. The van der Waals surface area contributed by atoms with Crippen LogP contribution in [0.25, 0.3) is 0 Å². The number of rotatable bonds is 44. The number of carbonyl (C=O) groups excluding carboxylic acids is 2. The van der Waals surface area contributed by atoms with E-state index in [4.69, 9.17) is 9.47 Å². The van der Waals surface area contributed by atoms with E-state index in [0.717, 1.165) is 109 Å². The summed E-state index contributed by atoms with van der Waals surface area (Å²) in [5, 5.41) is 9.62. The van der Waals surface area contributed by atoms with Crippen LogP contribution < -0.4 is 0 Å². The number of esters is 2. The first-order valence-corrected chi connectivity index (χ1v) is 25.1. The second-order valence-electron chi connectivity index (χ2n) is 16.1. The molecule has 0 aliphatic heterocycles. The minimum Gasteiger partial charge on any atom is -0.462 e. The molecule has 0 amide bonds. The van der Waals surface area contributed by atoms with Gasteiger partial charge in [-0.2, -0.15) is 0 Å². The first kappa shape index (κ1) is 58.3. The molecule has 5 nitrogen and oxygen atoms in total. The van der Waals surface area contributed by atoms with E-state index in [-0.39, 0.29) is 25.2 Å². The zero-order valence-electron chi connectivity index (χ0n) is 39.8.